The SMILES string of the molecule is CCC(Nc1ccc(N2CCCC2)nc1)c1ccccc1. The Morgan fingerprint density at radius 1 is 1.10 bits per heavy atom. The molecule has 2 heterocycles. The summed E-state index contributed by atoms with van der Waals surface area (Å²) >= 11 is 0. The molecule has 3 rings (SSSR count). The lowest BCUT2D eigenvalue weighted by atomic mass is 10.0. The summed E-state index contributed by atoms with van der Waals surface area (Å²) in [5.74, 6) is 1.10. The fourth-order valence-corrected chi connectivity index (χ4v) is 2.91. The number of hydrogen-bond donors (Lipinski definition) is 1. The number of rotatable bonds is 5. The molecule has 3 heteroatoms. The van der Waals surface area contributed by atoms with E-state index in [1.165, 1.54) is 18.4 Å². The maximum atomic E-state index is 4.61. The topological polar surface area (TPSA) is 28.2 Å². The van der Waals surface area contributed by atoms with Gasteiger partial charge < -0.3 is 10.2 Å². The molecular formula is C18H23N3. The van der Waals surface area contributed by atoms with Crippen molar-refractivity contribution in [2.24, 2.45) is 0 Å². The van der Waals surface area contributed by atoms with Gasteiger partial charge in [0.25, 0.3) is 0 Å². The van der Waals surface area contributed by atoms with E-state index in [2.05, 4.69) is 64.6 Å². The molecule has 1 N–H and O–H groups in total. The Hall–Kier alpha value is -2.03. The van der Waals surface area contributed by atoms with Crippen LogP contribution in [0.1, 0.15) is 37.8 Å². The van der Waals surface area contributed by atoms with Crippen molar-refractivity contribution in [1.82, 2.24) is 4.98 Å². The quantitative estimate of drug-likeness (QED) is 0.888. The highest BCUT2D eigenvalue weighted by molar-refractivity contribution is 5.50. The van der Waals surface area contributed by atoms with Gasteiger partial charge in [-0.15, -0.1) is 0 Å². The monoisotopic (exact) mass is 281 g/mol. The molecule has 21 heavy (non-hydrogen) atoms. The van der Waals surface area contributed by atoms with Gasteiger partial charge >= 0.3 is 0 Å². The van der Waals surface area contributed by atoms with Crippen molar-refractivity contribution < 1.29 is 0 Å². The molecule has 2 aromatic rings. The predicted molar refractivity (Wildman–Crippen MR) is 88.8 cm³/mol. The number of nitrogens with one attached hydrogen (secondary N) is 1. The standard InChI is InChI=1S/C18H23N3/c1-2-17(15-8-4-3-5-9-15)20-16-10-11-18(19-14-16)21-12-6-7-13-21/h3-5,8-11,14,17,20H,2,6-7,12-13H2,1H3. The molecule has 0 saturated carbocycles. The van der Waals surface area contributed by atoms with Gasteiger partial charge in [0.2, 0.25) is 0 Å². The van der Waals surface area contributed by atoms with E-state index in [1.807, 2.05) is 6.20 Å². The van der Waals surface area contributed by atoms with E-state index in [1.54, 1.807) is 0 Å². The molecule has 1 unspecified atom stereocenters. The molecule has 0 aliphatic carbocycles. The second-order valence-corrected chi connectivity index (χ2v) is 5.62. The minimum atomic E-state index is 0.339. The lowest BCUT2D eigenvalue weighted by Gasteiger charge is -2.20. The highest BCUT2D eigenvalue weighted by Crippen LogP contribution is 2.24. The molecule has 110 valence electrons. The average Bonchev–Trinajstić information content (AvgIpc) is 3.08. The first kappa shape index (κ1) is 13.9. The van der Waals surface area contributed by atoms with Crippen LogP contribution in [-0.4, -0.2) is 18.1 Å². The summed E-state index contributed by atoms with van der Waals surface area (Å²) < 4.78 is 0. The van der Waals surface area contributed by atoms with Crippen LogP contribution in [0.2, 0.25) is 0 Å². The summed E-state index contributed by atoms with van der Waals surface area (Å²) in [6.07, 6.45) is 5.58. The minimum Gasteiger partial charge on any atom is -0.377 e. The van der Waals surface area contributed by atoms with Crippen LogP contribution in [0.15, 0.2) is 48.7 Å². The summed E-state index contributed by atoms with van der Waals surface area (Å²) in [5, 5.41) is 3.58. The molecule has 1 saturated heterocycles. The molecule has 0 spiro atoms. The summed E-state index contributed by atoms with van der Waals surface area (Å²) in [4.78, 5) is 6.96. The number of hydrogen-bond acceptors (Lipinski definition) is 3. The van der Waals surface area contributed by atoms with Gasteiger partial charge in [0, 0.05) is 13.1 Å². The normalized spacial score (nSPS) is 16.0. The van der Waals surface area contributed by atoms with Crippen molar-refractivity contribution >= 4 is 11.5 Å². The minimum absolute atomic E-state index is 0.339. The first-order chi connectivity index (χ1) is 10.4. The predicted octanol–water partition coefficient (Wildman–Crippen LogP) is 4.25. The summed E-state index contributed by atoms with van der Waals surface area (Å²) in [6.45, 7) is 4.49. The van der Waals surface area contributed by atoms with Crippen LogP contribution in [0.25, 0.3) is 0 Å². The first-order valence-corrected chi connectivity index (χ1v) is 7.89. The van der Waals surface area contributed by atoms with Crippen LogP contribution < -0.4 is 10.2 Å². The number of aromatic nitrogens is 1. The fraction of sp³-hybridized carbons (Fsp3) is 0.389. The average molecular weight is 281 g/mol. The third kappa shape index (κ3) is 3.35. The molecule has 1 atom stereocenters. The lowest BCUT2D eigenvalue weighted by molar-refractivity contribution is 0.748. The maximum absolute atomic E-state index is 4.61. The highest BCUT2D eigenvalue weighted by atomic mass is 15.2. The van der Waals surface area contributed by atoms with Crippen molar-refractivity contribution in [3.63, 3.8) is 0 Å². The zero-order valence-corrected chi connectivity index (χ0v) is 12.6. The van der Waals surface area contributed by atoms with Crippen LogP contribution in [0, 0.1) is 0 Å². The van der Waals surface area contributed by atoms with Crippen molar-refractivity contribution in [2.45, 2.75) is 32.2 Å². The van der Waals surface area contributed by atoms with Crippen LogP contribution >= 0.6 is 0 Å². The molecule has 0 radical (unpaired) electrons. The highest BCUT2D eigenvalue weighted by Gasteiger charge is 2.13. The van der Waals surface area contributed by atoms with Gasteiger partial charge in [-0.25, -0.2) is 4.98 Å². The Morgan fingerprint density at radius 3 is 2.48 bits per heavy atom. The second kappa shape index (κ2) is 6.61. The first-order valence-electron chi connectivity index (χ1n) is 7.89. The Kier molecular flexibility index (Phi) is 4.39. The van der Waals surface area contributed by atoms with Crippen molar-refractivity contribution in [1.29, 1.82) is 0 Å². The number of anilines is 2. The zero-order valence-electron chi connectivity index (χ0n) is 12.6. The lowest BCUT2D eigenvalue weighted by Crippen LogP contribution is -2.19. The molecule has 1 aliphatic heterocycles. The Morgan fingerprint density at radius 2 is 1.86 bits per heavy atom. The van der Waals surface area contributed by atoms with E-state index in [9.17, 15) is 0 Å². The van der Waals surface area contributed by atoms with Gasteiger partial charge in [-0.2, -0.15) is 0 Å². The molecular weight excluding hydrogens is 258 g/mol. The van der Waals surface area contributed by atoms with E-state index in [0.717, 1.165) is 31.0 Å². The molecule has 1 aromatic carbocycles. The van der Waals surface area contributed by atoms with Crippen LogP contribution in [0.5, 0.6) is 0 Å². The largest absolute Gasteiger partial charge is 0.377 e. The number of pyridine rings is 1. The van der Waals surface area contributed by atoms with Gasteiger partial charge in [0.05, 0.1) is 17.9 Å². The molecule has 3 nitrogen and oxygen atoms in total. The molecule has 0 amide bonds. The van der Waals surface area contributed by atoms with Gasteiger partial charge in [-0.1, -0.05) is 37.3 Å². The van der Waals surface area contributed by atoms with Crippen molar-refractivity contribution in [3.8, 4) is 0 Å². The van der Waals surface area contributed by atoms with Crippen LogP contribution in [0.3, 0.4) is 0 Å². The van der Waals surface area contributed by atoms with E-state index in [0.29, 0.717) is 6.04 Å². The third-order valence-electron chi connectivity index (χ3n) is 4.13. The number of benzene rings is 1. The third-order valence-corrected chi connectivity index (χ3v) is 4.13. The van der Waals surface area contributed by atoms with E-state index in [4.69, 9.17) is 0 Å². The fourth-order valence-electron chi connectivity index (χ4n) is 2.91. The van der Waals surface area contributed by atoms with Gasteiger partial charge in [-0.3, -0.25) is 0 Å². The molecule has 1 aromatic heterocycles. The smallest absolute Gasteiger partial charge is 0.128 e. The molecule has 1 fully saturated rings. The van der Waals surface area contributed by atoms with Crippen molar-refractivity contribution in [2.75, 3.05) is 23.3 Å². The molecule has 0 bridgehead atoms. The van der Waals surface area contributed by atoms with Crippen LogP contribution in [-0.2, 0) is 0 Å². The number of nitrogens with zero attached hydrogens (tertiary/aromatic N) is 2. The Balaban J connectivity index is 1.69. The second-order valence-electron chi connectivity index (χ2n) is 5.62. The summed E-state index contributed by atoms with van der Waals surface area (Å²) in [7, 11) is 0. The molecule has 1 aliphatic rings. The van der Waals surface area contributed by atoms with Gasteiger partial charge in [0.1, 0.15) is 5.82 Å². The zero-order chi connectivity index (χ0) is 14.5. The van der Waals surface area contributed by atoms with E-state index in [-0.39, 0.29) is 0 Å². The Labute approximate surface area is 127 Å². The summed E-state index contributed by atoms with van der Waals surface area (Å²) in [5.41, 5.74) is 2.41. The van der Waals surface area contributed by atoms with E-state index >= 15 is 0 Å². The summed E-state index contributed by atoms with van der Waals surface area (Å²) in [6, 6.07) is 15.2. The Bertz CT molecular complexity index is 544. The van der Waals surface area contributed by atoms with E-state index < -0.39 is 0 Å². The van der Waals surface area contributed by atoms with Gasteiger partial charge in [0.15, 0.2) is 0 Å². The van der Waals surface area contributed by atoms with Crippen LogP contribution in [0.4, 0.5) is 11.5 Å². The maximum Gasteiger partial charge on any atom is 0.128 e. The van der Waals surface area contributed by atoms with Gasteiger partial charge in [-0.05, 0) is 37.0 Å². The van der Waals surface area contributed by atoms with Crippen molar-refractivity contribution in [3.05, 3.63) is 54.2 Å².